The zero-order chi connectivity index (χ0) is 29.7. The van der Waals surface area contributed by atoms with E-state index in [0.717, 1.165) is 29.7 Å². The Hall–Kier alpha value is -4.10. The highest BCUT2D eigenvalue weighted by atomic mass is 19.4. The lowest BCUT2D eigenvalue weighted by atomic mass is 9.89. The molecule has 14 heteroatoms. The Kier molecular flexibility index (Phi) is 7.20. The summed E-state index contributed by atoms with van der Waals surface area (Å²) in [5.74, 6) is 1.85. The van der Waals surface area contributed by atoms with Crippen molar-refractivity contribution < 1.29 is 22.7 Å². The van der Waals surface area contributed by atoms with E-state index in [1.165, 1.54) is 6.33 Å². The number of rotatable bonds is 6. The fraction of sp³-hybridized carbons (Fsp3) is 0.519. The van der Waals surface area contributed by atoms with Crippen LogP contribution in [-0.4, -0.2) is 63.2 Å². The van der Waals surface area contributed by atoms with Crippen LogP contribution < -0.4 is 5.32 Å². The molecule has 4 aromatic rings. The van der Waals surface area contributed by atoms with E-state index in [0.29, 0.717) is 65.8 Å². The van der Waals surface area contributed by atoms with E-state index in [1.54, 1.807) is 12.4 Å². The minimum absolute atomic E-state index is 0.0579. The Morgan fingerprint density at radius 1 is 1.17 bits per heavy atom. The number of alkyl halides is 3. The normalized spacial score (nSPS) is 15.8. The predicted molar refractivity (Wildman–Crippen MR) is 145 cm³/mol. The summed E-state index contributed by atoms with van der Waals surface area (Å²) in [6.45, 7) is 9.95. The molecule has 0 aromatic carbocycles. The topological polar surface area (TPSA) is 126 Å². The molecule has 1 aliphatic carbocycles. The minimum Gasteiger partial charge on any atom is -0.432 e. The van der Waals surface area contributed by atoms with Crippen molar-refractivity contribution in [2.75, 3.05) is 5.32 Å². The summed E-state index contributed by atoms with van der Waals surface area (Å²) in [5.41, 5.74) is 1.43. The van der Waals surface area contributed by atoms with Gasteiger partial charge in [-0.3, -0.25) is 0 Å². The Morgan fingerprint density at radius 2 is 1.88 bits per heavy atom. The van der Waals surface area contributed by atoms with Gasteiger partial charge in [0, 0.05) is 25.0 Å². The molecule has 5 rings (SSSR count). The van der Waals surface area contributed by atoms with Crippen molar-refractivity contribution in [3.05, 3.63) is 41.5 Å². The lowest BCUT2D eigenvalue weighted by Gasteiger charge is -2.28. The molecule has 0 unspecified atom stereocenters. The Labute approximate surface area is 234 Å². The molecular weight excluding hydrogens is 539 g/mol. The average Bonchev–Trinajstić information content (AvgIpc) is 3.47. The lowest BCUT2D eigenvalue weighted by Crippen LogP contribution is -2.44. The van der Waals surface area contributed by atoms with Crippen molar-refractivity contribution in [1.29, 1.82) is 0 Å². The van der Waals surface area contributed by atoms with Gasteiger partial charge < -0.3 is 14.6 Å². The Bertz CT molecular complexity index is 1590. The van der Waals surface area contributed by atoms with Crippen LogP contribution >= 0.6 is 0 Å². The third-order valence-electron chi connectivity index (χ3n) is 7.27. The maximum Gasteiger partial charge on any atom is 0.435 e. The molecule has 0 radical (unpaired) electrons. The molecule has 0 bridgehead atoms. The van der Waals surface area contributed by atoms with E-state index in [4.69, 9.17) is 9.72 Å². The fourth-order valence-corrected chi connectivity index (χ4v) is 4.96. The SMILES string of the molecule is CCn1c(-c2cnc(C)nc2)nc2c(N[C@@H]3CCc4c(c(C(C)C)nn4C(=O)OC(C)(C)C(F)(F)F)C3)ncnc21. The number of fused-ring (bicyclic) bond motifs is 2. The van der Waals surface area contributed by atoms with Crippen LogP contribution in [0.1, 0.15) is 69.7 Å². The second kappa shape index (κ2) is 10.4. The van der Waals surface area contributed by atoms with Crippen LogP contribution in [0.5, 0.6) is 0 Å². The molecule has 218 valence electrons. The van der Waals surface area contributed by atoms with E-state index >= 15 is 0 Å². The quantitative estimate of drug-likeness (QED) is 0.331. The highest BCUT2D eigenvalue weighted by molar-refractivity contribution is 5.86. The molecule has 0 spiro atoms. The Balaban J connectivity index is 1.44. The molecular formula is C27H32F3N9O2. The first-order valence-electron chi connectivity index (χ1n) is 13.5. The second-order valence-corrected chi connectivity index (χ2v) is 10.9. The summed E-state index contributed by atoms with van der Waals surface area (Å²) in [6.07, 6.45) is 0.580. The van der Waals surface area contributed by atoms with Crippen LogP contribution in [0, 0.1) is 6.92 Å². The molecule has 1 atom stereocenters. The summed E-state index contributed by atoms with van der Waals surface area (Å²) in [5, 5.41) is 7.90. The third-order valence-corrected chi connectivity index (χ3v) is 7.27. The van der Waals surface area contributed by atoms with Crippen LogP contribution in [0.3, 0.4) is 0 Å². The van der Waals surface area contributed by atoms with E-state index in [-0.39, 0.29) is 12.0 Å². The molecule has 4 aromatic heterocycles. The number of aryl methyl sites for hydroxylation is 2. The summed E-state index contributed by atoms with van der Waals surface area (Å²) >= 11 is 0. The maximum atomic E-state index is 13.4. The van der Waals surface area contributed by atoms with Crippen LogP contribution in [0.25, 0.3) is 22.6 Å². The van der Waals surface area contributed by atoms with E-state index in [2.05, 4.69) is 30.4 Å². The van der Waals surface area contributed by atoms with Gasteiger partial charge in [-0.25, -0.2) is 29.7 Å². The summed E-state index contributed by atoms with van der Waals surface area (Å²) in [4.78, 5) is 35.2. The van der Waals surface area contributed by atoms with Crippen molar-refractivity contribution in [3.8, 4) is 11.4 Å². The number of carbonyl (C=O) groups excluding carboxylic acids is 1. The average molecular weight is 572 g/mol. The minimum atomic E-state index is -4.72. The van der Waals surface area contributed by atoms with Crippen LogP contribution in [0.15, 0.2) is 18.7 Å². The van der Waals surface area contributed by atoms with Crippen LogP contribution in [0.4, 0.5) is 23.8 Å². The summed E-state index contributed by atoms with van der Waals surface area (Å²) < 4.78 is 48.0. The van der Waals surface area contributed by atoms with Gasteiger partial charge in [-0.1, -0.05) is 13.8 Å². The standard InChI is InChI=1S/C27H32F3N9O2/c1-7-38-23(16-11-31-15(4)32-12-16)36-21-22(33-13-34-24(21)38)35-17-8-9-19-18(10-17)20(14(2)3)37-39(19)25(40)41-26(5,6)27(28,29)30/h11-14,17H,7-10H2,1-6H3,(H,33,34,35)/t17-/m1/s1. The molecule has 0 aliphatic heterocycles. The van der Waals surface area contributed by atoms with Gasteiger partial charge in [-0.2, -0.15) is 23.0 Å². The molecule has 0 fully saturated rings. The predicted octanol–water partition coefficient (Wildman–Crippen LogP) is 5.23. The second-order valence-electron chi connectivity index (χ2n) is 10.9. The number of carbonyl (C=O) groups is 1. The summed E-state index contributed by atoms with van der Waals surface area (Å²) in [7, 11) is 0. The van der Waals surface area contributed by atoms with E-state index in [9.17, 15) is 18.0 Å². The first-order valence-corrected chi connectivity index (χ1v) is 13.5. The van der Waals surface area contributed by atoms with Gasteiger partial charge in [0.25, 0.3) is 0 Å². The smallest absolute Gasteiger partial charge is 0.432 e. The van der Waals surface area contributed by atoms with Crippen molar-refractivity contribution in [1.82, 2.24) is 39.3 Å². The van der Waals surface area contributed by atoms with Gasteiger partial charge in [-0.05, 0) is 58.4 Å². The molecule has 1 N–H and O–H groups in total. The molecule has 0 amide bonds. The maximum absolute atomic E-state index is 13.4. The largest absolute Gasteiger partial charge is 0.435 e. The van der Waals surface area contributed by atoms with E-state index in [1.807, 2.05) is 32.3 Å². The number of imidazole rings is 1. The van der Waals surface area contributed by atoms with Crippen molar-refractivity contribution in [2.45, 2.75) is 91.1 Å². The summed E-state index contributed by atoms with van der Waals surface area (Å²) in [6, 6.07) is -0.0867. The van der Waals surface area contributed by atoms with Gasteiger partial charge in [-0.15, -0.1) is 0 Å². The van der Waals surface area contributed by atoms with Crippen LogP contribution in [-0.2, 0) is 24.1 Å². The molecule has 4 heterocycles. The number of nitrogens with zero attached hydrogens (tertiary/aromatic N) is 8. The number of hydrogen-bond donors (Lipinski definition) is 1. The number of hydrogen-bond acceptors (Lipinski definition) is 9. The molecule has 1 aliphatic rings. The Morgan fingerprint density at radius 3 is 2.51 bits per heavy atom. The highest BCUT2D eigenvalue weighted by Crippen LogP contribution is 2.35. The van der Waals surface area contributed by atoms with Crippen molar-refractivity contribution in [3.63, 3.8) is 0 Å². The van der Waals surface area contributed by atoms with Gasteiger partial charge in [0.1, 0.15) is 18.0 Å². The van der Waals surface area contributed by atoms with Crippen molar-refractivity contribution in [2.24, 2.45) is 0 Å². The lowest BCUT2D eigenvalue weighted by molar-refractivity contribution is -0.244. The number of nitrogens with one attached hydrogen (secondary N) is 1. The van der Waals surface area contributed by atoms with Gasteiger partial charge in [0.2, 0.25) is 5.60 Å². The number of ether oxygens (including phenoxy) is 1. The van der Waals surface area contributed by atoms with E-state index < -0.39 is 17.9 Å². The molecule has 41 heavy (non-hydrogen) atoms. The number of aromatic nitrogens is 8. The first kappa shape index (κ1) is 28.4. The first-order chi connectivity index (χ1) is 19.3. The zero-order valence-corrected chi connectivity index (χ0v) is 23.7. The van der Waals surface area contributed by atoms with Gasteiger partial charge in [0.05, 0.1) is 17.0 Å². The van der Waals surface area contributed by atoms with Crippen molar-refractivity contribution >= 4 is 23.1 Å². The zero-order valence-electron chi connectivity index (χ0n) is 23.7. The molecule has 0 saturated carbocycles. The van der Waals surface area contributed by atoms with Gasteiger partial charge >= 0.3 is 12.3 Å². The fourth-order valence-electron chi connectivity index (χ4n) is 4.96. The number of halogens is 3. The molecule has 11 nitrogen and oxygen atoms in total. The molecule has 0 saturated heterocycles. The third kappa shape index (κ3) is 5.22. The van der Waals surface area contributed by atoms with Gasteiger partial charge in [0.15, 0.2) is 17.0 Å². The van der Waals surface area contributed by atoms with Crippen LogP contribution in [0.2, 0.25) is 0 Å². The monoisotopic (exact) mass is 571 g/mol. The highest BCUT2D eigenvalue weighted by Gasteiger charge is 2.51. The number of anilines is 1.